The smallest absolute Gasteiger partial charge is 0.278 e. The summed E-state index contributed by atoms with van der Waals surface area (Å²) in [5.41, 5.74) is 9.90. The summed E-state index contributed by atoms with van der Waals surface area (Å²) in [6, 6.07) is 0. The van der Waals surface area contributed by atoms with Gasteiger partial charge < -0.3 is 10.5 Å². The summed E-state index contributed by atoms with van der Waals surface area (Å²) in [6.45, 7) is 4.64. The number of aromatic nitrogens is 5. The summed E-state index contributed by atoms with van der Waals surface area (Å²) in [5, 5.41) is 12.7. The van der Waals surface area contributed by atoms with Gasteiger partial charge in [0.05, 0.1) is 29.8 Å². The van der Waals surface area contributed by atoms with E-state index in [0.717, 1.165) is 35.4 Å². The van der Waals surface area contributed by atoms with E-state index in [2.05, 4.69) is 44.3 Å². The molecular weight excluding hydrogens is 426 g/mol. The summed E-state index contributed by atoms with van der Waals surface area (Å²) in [5.74, 6) is -0.101. The van der Waals surface area contributed by atoms with Gasteiger partial charge in [0, 0.05) is 17.1 Å². The summed E-state index contributed by atoms with van der Waals surface area (Å²) in [4.78, 5) is 26.1. The predicted octanol–water partition coefficient (Wildman–Crippen LogP) is 3.84. The molecule has 0 aliphatic heterocycles. The fourth-order valence-corrected chi connectivity index (χ4v) is 5.38. The highest BCUT2D eigenvalue weighted by molar-refractivity contribution is 7.13. The van der Waals surface area contributed by atoms with Crippen molar-refractivity contribution in [3.05, 3.63) is 34.1 Å². The van der Waals surface area contributed by atoms with Crippen LogP contribution in [0.2, 0.25) is 0 Å². The average molecular weight is 454 g/mol. The molecule has 0 saturated heterocycles. The van der Waals surface area contributed by atoms with E-state index < -0.39 is 0 Å². The topological polar surface area (TPSA) is 132 Å². The van der Waals surface area contributed by atoms with Gasteiger partial charge in [-0.15, -0.1) is 11.3 Å². The largest absolute Gasteiger partial charge is 0.372 e. The zero-order chi connectivity index (χ0) is 22.3. The number of hydrogen-bond donors (Lipinski definition) is 3. The van der Waals surface area contributed by atoms with Gasteiger partial charge in [0.15, 0.2) is 10.8 Å². The number of H-pyrrole nitrogens is 1. The number of hydrogen-bond acceptors (Lipinski definition) is 8. The van der Waals surface area contributed by atoms with Gasteiger partial charge >= 0.3 is 0 Å². The number of rotatable bonds is 5. The molecule has 1 fully saturated rings. The number of nitrogens with two attached hydrogens (primary N) is 1. The molecule has 5 rings (SSSR count). The van der Waals surface area contributed by atoms with Crippen LogP contribution in [-0.4, -0.2) is 37.2 Å². The number of fused-ring (bicyclic) bond motifs is 3. The van der Waals surface area contributed by atoms with Crippen molar-refractivity contribution in [1.29, 1.82) is 0 Å². The molecule has 1 saturated carbocycles. The number of anilines is 2. The number of nitrogen functional groups attached to an aromatic ring is 1. The lowest BCUT2D eigenvalue weighted by molar-refractivity contribution is 0.0155. The highest BCUT2D eigenvalue weighted by Crippen LogP contribution is 2.42. The van der Waals surface area contributed by atoms with Crippen molar-refractivity contribution in [3.8, 4) is 11.4 Å². The van der Waals surface area contributed by atoms with E-state index in [1.807, 2.05) is 5.38 Å². The first kappa shape index (κ1) is 21.0. The molecule has 3 aromatic heterocycles. The third-order valence-corrected chi connectivity index (χ3v) is 7.01. The number of carbonyl (C=O) groups is 1. The Kier molecular flexibility index (Phi) is 5.42. The molecule has 0 bridgehead atoms. The van der Waals surface area contributed by atoms with E-state index in [1.165, 1.54) is 30.6 Å². The van der Waals surface area contributed by atoms with E-state index >= 15 is 0 Å². The molecule has 0 spiro atoms. The summed E-state index contributed by atoms with van der Waals surface area (Å²) in [7, 11) is 0. The van der Waals surface area contributed by atoms with E-state index in [-0.39, 0.29) is 17.3 Å². The number of aromatic amines is 1. The maximum atomic E-state index is 13.1. The van der Waals surface area contributed by atoms with E-state index in [1.54, 1.807) is 6.20 Å². The van der Waals surface area contributed by atoms with Gasteiger partial charge in [0.2, 0.25) is 5.95 Å². The second-order valence-electron chi connectivity index (χ2n) is 9.15. The molecule has 0 radical (unpaired) electrons. The lowest BCUT2D eigenvalue weighted by Gasteiger charge is -2.31. The fraction of sp³-hybridized carbons (Fsp3) is 0.500. The van der Waals surface area contributed by atoms with Gasteiger partial charge in [0.1, 0.15) is 0 Å². The minimum Gasteiger partial charge on any atom is -0.372 e. The molecule has 32 heavy (non-hydrogen) atoms. The molecule has 2 aliphatic carbocycles. The van der Waals surface area contributed by atoms with Crippen LogP contribution < -0.4 is 11.1 Å². The van der Waals surface area contributed by atoms with Gasteiger partial charge in [-0.25, -0.2) is 15.0 Å². The Morgan fingerprint density at radius 2 is 2.12 bits per heavy atom. The van der Waals surface area contributed by atoms with Crippen LogP contribution >= 0.6 is 11.3 Å². The Morgan fingerprint density at radius 1 is 1.31 bits per heavy atom. The Morgan fingerprint density at radius 3 is 2.94 bits per heavy atom. The highest BCUT2D eigenvalue weighted by Gasteiger charge is 2.38. The van der Waals surface area contributed by atoms with Crippen LogP contribution in [0.1, 0.15) is 73.3 Å². The second kappa shape index (κ2) is 8.25. The van der Waals surface area contributed by atoms with E-state index in [9.17, 15) is 4.79 Å². The van der Waals surface area contributed by atoms with Crippen LogP contribution in [0.4, 0.5) is 11.1 Å². The van der Waals surface area contributed by atoms with E-state index in [4.69, 9.17) is 10.5 Å². The first-order valence-corrected chi connectivity index (χ1v) is 11.9. The first-order chi connectivity index (χ1) is 15.4. The van der Waals surface area contributed by atoms with Crippen LogP contribution in [-0.2, 0) is 23.2 Å². The molecule has 168 valence electrons. The minimum atomic E-state index is -0.316. The maximum Gasteiger partial charge on any atom is 0.278 e. The number of amides is 1. The first-order valence-electron chi connectivity index (χ1n) is 11.0. The average Bonchev–Trinajstić information content (AvgIpc) is 3.41. The second-order valence-corrected chi connectivity index (χ2v) is 10.0. The Balaban J connectivity index is 1.33. The van der Waals surface area contributed by atoms with Gasteiger partial charge in [-0.1, -0.05) is 33.1 Å². The number of nitrogens with zero attached hydrogens (tertiary/aromatic N) is 4. The lowest BCUT2D eigenvalue weighted by Crippen LogP contribution is -2.29. The normalized spacial score (nSPS) is 17.6. The summed E-state index contributed by atoms with van der Waals surface area (Å²) in [6.07, 6.45) is 8.76. The molecule has 3 aromatic rings. The van der Waals surface area contributed by atoms with Gasteiger partial charge in [0.25, 0.3) is 5.91 Å². The van der Waals surface area contributed by atoms with Crippen molar-refractivity contribution >= 4 is 28.3 Å². The monoisotopic (exact) mass is 453 g/mol. The predicted molar refractivity (Wildman–Crippen MR) is 122 cm³/mol. The van der Waals surface area contributed by atoms with Crippen molar-refractivity contribution in [3.63, 3.8) is 0 Å². The molecule has 0 atom stereocenters. The van der Waals surface area contributed by atoms with Crippen LogP contribution in [0, 0.1) is 0 Å². The number of nitrogens with one attached hydrogen (secondary N) is 2. The zero-order valence-electron chi connectivity index (χ0n) is 18.3. The van der Waals surface area contributed by atoms with Crippen molar-refractivity contribution in [2.24, 2.45) is 0 Å². The third kappa shape index (κ3) is 4.00. The van der Waals surface area contributed by atoms with Crippen LogP contribution in [0.3, 0.4) is 0 Å². The standard InChI is InChI=1S/C22H27N7O2S/c1-22(2)8-12-9-24-20(23)26-16(12)17-15(22)18(29-28-17)19(30)27-21-25-13(11-32-21)10-31-14-6-4-3-5-7-14/h9,11,14H,3-8,10H2,1-2H3,(H,28,29)(H2,23,24,26)(H,25,27,30). The molecule has 0 aromatic carbocycles. The SMILES string of the molecule is CC1(C)Cc2cnc(N)nc2-c2[nH]nc(C(=O)Nc3nc(COC4CCCCC4)cs3)c21. The van der Waals surface area contributed by atoms with Gasteiger partial charge in [-0.05, 0) is 30.2 Å². The molecule has 0 unspecified atom stereocenters. The van der Waals surface area contributed by atoms with Gasteiger partial charge in [-0.3, -0.25) is 15.2 Å². The van der Waals surface area contributed by atoms with Crippen LogP contribution in [0.25, 0.3) is 11.4 Å². The quantitative estimate of drug-likeness (QED) is 0.535. The maximum absolute atomic E-state index is 13.1. The number of ether oxygens (including phenoxy) is 1. The molecule has 1 amide bonds. The van der Waals surface area contributed by atoms with Crippen molar-refractivity contribution in [2.75, 3.05) is 11.1 Å². The van der Waals surface area contributed by atoms with Crippen LogP contribution in [0.15, 0.2) is 11.6 Å². The van der Waals surface area contributed by atoms with Gasteiger partial charge in [-0.2, -0.15) is 5.10 Å². The number of carbonyl (C=O) groups excluding carboxylic acids is 1. The zero-order valence-corrected chi connectivity index (χ0v) is 19.1. The Bertz CT molecular complexity index is 1150. The summed E-state index contributed by atoms with van der Waals surface area (Å²) < 4.78 is 6.00. The van der Waals surface area contributed by atoms with Crippen molar-refractivity contribution in [1.82, 2.24) is 25.1 Å². The molecule has 4 N–H and O–H groups in total. The molecule has 3 heterocycles. The van der Waals surface area contributed by atoms with E-state index in [0.29, 0.717) is 35.7 Å². The Hall–Kier alpha value is -2.85. The molecule has 10 heteroatoms. The minimum absolute atomic E-state index is 0.195. The highest BCUT2D eigenvalue weighted by atomic mass is 32.1. The summed E-state index contributed by atoms with van der Waals surface area (Å²) >= 11 is 1.39. The number of thiazole rings is 1. The van der Waals surface area contributed by atoms with Crippen LogP contribution in [0.5, 0.6) is 0 Å². The Labute approximate surface area is 190 Å². The molecule has 2 aliphatic rings. The van der Waals surface area contributed by atoms with Crippen molar-refractivity contribution in [2.45, 2.75) is 70.5 Å². The molecule has 9 nitrogen and oxygen atoms in total. The fourth-order valence-electron chi connectivity index (χ4n) is 4.69. The lowest BCUT2D eigenvalue weighted by atomic mass is 9.73. The third-order valence-electron chi connectivity index (χ3n) is 6.20. The van der Waals surface area contributed by atoms with Crippen molar-refractivity contribution < 1.29 is 9.53 Å². The molecular formula is C22H27N7O2S.